The number of nitrogens with zero attached hydrogens (tertiary/aromatic N) is 2. The van der Waals surface area contributed by atoms with Gasteiger partial charge in [0.1, 0.15) is 6.17 Å². The van der Waals surface area contributed by atoms with E-state index in [0.29, 0.717) is 13.0 Å². The summed E-state index contributed by atoms with van der Waals surface area (Å²) in [7, 11) is 0. The molecule has 0 radical (unpaired) electrons. The summed E-state index contributed by atoms with van der Waals surface area (Å²) in [5, 5.41) is 9.97. The van der Waals surface area contributed by atoms with Crippen LogP contribution in [0.4, 0.5) is 9.18 Å². The molecule has 2 heterocycles. The molecule has 1 amide bonds. The first kappa shape index (κ1) is 13.4. The van der Waals surface area contributed by atoms with Crippen LogP contribution in [0.2, 0.25) is 0 Å². The Labute approximate surface area is 123 Å². The number of halogens is 2. The summed E-state index contributed by atoms with van der Waals surface area (Å²) in [5.41, 5.74) is 0.968. The molecule has 0 spiro atoms. The summed E-state index contributed by atoms with van der Waals surface area (Å²) in [4.78, 5) is 12.0. The second-order valence-electron chi connectivity index (χ2n) is 5.00. The summed E-state index contributed by atoms with van der Waals surface area (Å²) < 4.78 is 17.2. The Balaban J connectivity index is 1.92. The van der Waals surface area contributed by atoms with Gasteiger partial charge in [0, 0.05) is 28.1 Å². The topological polar surface area (TPSA) is 45.5 Å². The fraction of sp³-hybridized carbons (Fsp3) is 0.357. The van der Waals surface area contributed by atoms with Gasteiger partial charge in [0.05, 0.1) is 12.6 Å². The lowest BCUT2D eigenvalue weighted by Crippen LogP contribution is -2.44. The van der Waals surface area contributed by atoms with Crippen molar-refractivity contribution in [3.05, 3.63) is 34.9 Å². The number of alkyl halides is 1. The molecule has 4 nitrogen and oxygen atoms in total. The minimum absolute atomic E-state index is 0.0618. The Morgan fingerprint density at radius 2 is 2.20 bits per heavy atom. The Morgan fingerprint density at radius 1 is 1.40 bits per heavy atom. The number of carbonyl (C=O) groups is 1. The number of benzene rings is 1. The van der Waals surface area contributed by atoms with Crippen LogP contribution in [0.1, 0.15) is 12.5 Å². The molecule has 0 aliphatic carbocycles. The number of fused-ring (bicyclic) bond motifs is 1. The Kier molecular flexibility index (Phi) is 3.41. The van der Waals surface area contributed by atoms with E-state index in [4.69, 9.17) is 5.11 Å². The number of hydrogen-bond acceptors (Lipinski definition) is 1. The van der Waals surface area contributed by atoms with Crippen LogP contribution in [0.15, 0.2) is 34.9 Å². The number of carboxylic acid groups (broad SMARTS) is 1. The summed E-state index contributed by atoms with van der Waals surface area (Å²) in [5.74, 6) is 0. The average Bonchev–Trinajstić information content (AvgIpc) is 2.84. The molecule has 0 unspecified atom stereocenters. The molecule has 1 aromatic heterocycles. The van der Waals surface area contributed by atoms with E-state index in [2.05, 4.69) is 15.9 Å². The van der Waals surface area contributed by atoms with E-state index in [9.17, 15) is 9.18 Å². The summed E-state index contributed by atoms with van der Waals surface area (Å²) >= 11 is 3.48. The molecule has 2 aromatic rings. The zero-order chi connectivity index (χ0) is 14.3. The predicted molar refractivity (Wildman–Crippen MR) is 77.8 cm³/mol. The third-order valence-electron chi connectivity index (χ3n) is 3.84. The van der Waals surface area contributed by atoms with Gasteiger partial charge in [-0.05, 0) is 24.6 Å². The van der Waals surface area contributed by atoms with Crippen molar-refractivity contribution in [2.24, 2.45) is 0 Å². The SMILES string of the molecule is O=C(O)N1CC[C@@H](n2ccc3c(Br)cccc32)[C@H](F)C1. The van der Waals surface area contributed by atoms with Crippen LogP contribution in [0.3, 0.4) is 0 Å². The first-order valence-electron chi connectivity index (χ1n) is 6.45. The molecule has 20 heavy (non-hydrogen) atoms. The Morgan fingerprint density at radius 3 is 2.90 bits per heavy atom. The largest absolute Gasteiger partial charge is 0.465 e. The van der Waals surface area contributed by atoms with Crippen molar-refractivity contribution in [1.29, 1.82) is 0 Å². The van der Waals surface area contributed by atoms with Gasteiger partial charge >= 0.3 is 6.09 Å². The number of likely N-dealkylation sites (tertiary alicyclic amines) is 1. The zero-order valence-corrected chi connectivity index (χ0v) is 12.3. The molecule has 6 heteroatoms. The Bertz CT molecular complexity index is 658. The predicted octanol–water partition coefficient (Wildman–Crippen LogP) is 3.67. The van der Waals surface area contributed by atoms with Gasteiger partial charge in [-0.15, -0.1) is 0 Å². The van der Waals surface area contributed by atoms with E-state index in [1.54, 1.807) is 0 Å². The first-order chi connectivity index (χ1) is 9.58. The molecule has 2 atom stereocenters. The molecule has 3 rings (SSSR count). The fourth-order valence-electron chi connectivity index (χ4n) is 2.82. The monoisotopic (exact) mass is 340 g/mol. The van der Waals surface area contributed by atoms with E-state index in [-0.39, 0.29) is 12.6 Å². The molecule has 106 valence electrons. The summed E-state index contributed by atoms with van der Waals surface area (Å²) in [6, 6.07) is 7.47. The minimum atomic E-state index is -1.19. The quantitative estimate of drug-likeness (QED) is 0.860. The molecule has 0 bridgehead atoms. The number of aromatic nitrogens is 1. The van der Waals surface area contributed by atoms with Crippen LogP contribution in [-0.4, -0.2) is 39.9 Å². The van der Waals surface area contributed by atoms with Crippen LogP contribution in [-0.2, 0) is 0 Å². The number of piperidine rings is 1. The van der Waals surface area contributed by atoms with Crippen molar-refractivity contribution >= 4 is 32.9 Å². The van der Waals surface area contributed by atoms with Crippen LogP contribution >= 0.6 is 15.9 Å². The van der Waals surface area contributed by atoms with Gasteiger partial charge < -0.3 is 14.6 Å². The molecule has 1 saturated heterocycles. The lowest BCUT2D eigenvalue weighted by Gasteiger charge is -2.34. The minimum Gasteiger partial charge on any atom is -0.465 e. The average molecular weight is 341 g/mol. The Hall–Kier alpha value is -1.56. The lowest BCUT2D eigenvalue weighted by molar-refractivity contribution is 0.0807. The van der Waals surface area contributed by atoms with E-state index >= 15 is 0 Å². The van der Waals surface area contributed by atoms with Gasteiger partial charge in [-0.3, -0.25) is 0 Å². The van der Waals surface area contributed by atoms with E-state index in [0.717, 1.165) is 20.3 Å². The van der Waals surface area contributed by atoms with Crippen molar-refractivity contribution in [3.8, 4) is 0 Å². The lowest BCUT2D eigenvalue weighted by atomic mass is 10.0. The van der Waals surface area contributed by atoms with Gasteiger partial charge in [-0.25, -0.2) is 9.18 Å². The van der Waals surface area contributed by atoms with Crippen molar-refractivity contribution in [2.75, 3.05) is 13.1 Å². The highest BCUT2D eigenvalue weighted by Gasteiger charge is 2.32. The molecule has 1 aliphatic rings. The third kappa shape index (κ3) is 2.18. The molecular weight excluding hydrogens is 327 g/mol. The van der Waals surface area contributed by atoms with Gasteiger partial charge in [0.2, 0.25) is 0 Å². The number of amides is 1. The van der Waals surface area contributed by atoms with E-state index in [1.165, 1.54) is 0 Å². The highest BCUT2D eigenvalue weighted by Crippen LogP contribution is 2.32. The van der Waals surface area contributed by atoms with Crippen LogP contribution in [0.25, 0.3) is 10.9 Å². The van der Waals surface area contributed by atoms with Crippen LogP contribution in [0.5, 0.6) is 0 Å². The molecule has 1 aliphatic heterocycles. The van der Waals surface area contributed by atoms with Crippen molar-refractivity contribution in [2.45, 2.75) is 18.6 Å². The number of hydrogen-bond donors (Lipinski definition) is 1. The maximum absolute atomic E-state index is 14.3. The molecule has 0 saturated carbocycles. The number of rotatable bonds is 1. The maximum atomic E-state index is 14.3. The summed E-state index contributed by atoms with van der Waals surface area (Å²) in [6.45, 7) is 0.307. The summed E-state index contributed by atoms with van der Waals surface area (Å²) in [6.07, 6.45) is 0.132. The zero-order valence-electron chi connectivity index (χ0n) is 10.7. The van der Waals surface area contributed by atoms with Crippen molar-refractivity contribution in [3.63, 3.8) is 0 Å². The molecule has 1 aromatic carbocycles. The highest BCUT2D eigenvalue weighted by molar-refractivity contribution is 9.10. The first-order valence-corrected chi connectivity index (χ1v) is 7.24. The van der Waals surface area contributed by atoms with Gasteiger partial charge in [-0.1, -0.05) is 22.0 Å². The highest BCUT2D eigenvalue weighted by atomic mass is 79.9. The van der Waals surface area contributed by atoms with E-state index < -0.39 is 12.3 Å². The smallest absolute Gasteiger partial charge is 0.407 e. The van der Waals surface area contributed by atoms with Gasteiger partial charge in [-0.2, -0.15) is 0 Å². The molecule has 1 N–H and O–H groups in total. The molecular formula is C14H14BrFN2O2. The second-order valence-corrected chi connectivity index (χ2v) is 5.85. The van der Waals surface area contributed by atoms with E-state index in [1.807, 2.05) is 35.0 Å². The van der Waals surface area contributed by atoms with Crippen molar-refractivity contribution in [1.82, 2.24) is 9.47 Å². The fourth-order valence-corrected chi connectivity index (χ4v) is 3.31. The second kappa shape index (κ2) is 5.09. The normalized spacial score (nSPS) is 23.2. The van der Waals surface area contributed by atoms with Gasteiger partial charge in [0.15, 0.2) is 0 Å². The van der Waals surface area contributed by atoms with Crippen LogP contribution in [0, 0.1) is 0 Å². The van der Waals surface area contributed by atoms with Crippen LogP contribution < -0.4 is 0 Å². The maximum Gasteiger partial charge on any atom is 0.407 e. The standard InChI is InChI=1S/C14H14BrFN2O2/c15-10-2-1-3-12-9(10)4-7-18(12)13-5-6-17(14(19)20)8-11(13)16/h1-4,7,11,13H,5-6,8H2,(H,19,20)/t11-,13-/m1/s1. The van der Waals surface area contributed by atoms with Gasteiger partial charge in [0.25, 0.3) is 0 Å². The van der Waals surface area contributed by atoms with Crippen molar-refractivity contribution < 1.29 is 14.3 Å². The molecule has 1 fully saturated rings. The third-order valence-corrected chi connectivity index (χ3v) is 4.54.